The van der Waals surface area contributed by atoms with Gasteiger partial charge in [0.2, 0.25) is 5.91 Å². The lowest BCUT2D eigenvalue weighted by atomic mass is 9.48. The van der Waals surface area contributed by atoms with Crippen LogP contribution in [0.3, 0.4) is 0 Å². The Hall–Kier alpha value is -2.69. The summed E-state index contributed by atoms with van der Waals surface area (Å²) in [4.78, 5) is 39.3. The number of nitrogens with one attached hydrogen (secondary N) is 1. The van der Waals surface area contributed by atoms with Crippen molar-refractivity contribution in [2.75, 3.05) is 40.3 Å². The number of ether oxygens (including phenoxy) is 2. The van der Waals surface area contributed by atoms with E-state index in [2.05, 4.69) is 12.4 Å². The fourth-order valence-electron chi connectivity index (χ4n) is 7.78. The first-order valence-electron chi connectivity index (χ1n) is 13.9. The van der Waals surface area contributed by atoms with Crippen LogP contribution < -0.4 is 20.5 Å². The van der Waals surface area contributed by atoms with Crippen molar-refractivity contribution in [2.45, 2.75) is 74.7 Å². The van der Waals surface area contributed by atoms with E-state index in [9.17, 15) is 19.5 Å². The number of ketones is 1. The number of nitrogens with two attached hydrogens (primary N) is 1. The molecule has 1 aromatic rings. The number of nitrogens with zero attached hydrogens (tertiary/aromatic N) is 2. The fourth-order valence-corrected chi connectivity index (χ4v) is 7.78. The number of Topliss-reactive ketones (excluding diaryl/α,β-unsaturated/α-hetero) is 1. The van der Waals surface area contributed by atoms with Gasteiger partial charge >= 0.3 is 6.09 Å². The molecule has 38 heavy (non-hydrogen) atoms. The van der Waals surface area contributed by atoms with Crippen LogP contribution in [0.4, 0.5) is 4.79 Å². The molecule has 10 nitrogen and oxygen atoms in total. The highest BCUT2D eigenvalue weighted by atomic mass is 16.6. The SMILES string of the molecule is C[C@H](N)C(=O)NCCN(C)C(=O)Oc1ccc2c3c1O[C@H]1C(=O)CC[C@@]4(O)C(C2)[N@+](C)(CC2CC2)CC[C@]314. The lowest BCUT2D eigenvalue weighted by Crippen LogP contribution is -2.80. The first-order valence-corrected chi connectivity index (χ1v) is 13.9. The van der Waals surface area contributed by atoms with Crippen LogP contribution in [-0.2, 0) is 21.4 Å². The van der Waals surface area contributed by atoms with Gasteiger partial charge in [-0.15, -0.1) is 0 Å². The van der Waals surface area contributed by atoms with Gasteiger partial charge in [-0.2, -0.15) is 0 Å². The molecular formula is C28H39N4O6+. The summed E-state index contributed by atoms with van der Waals surface area (Å²) in [7, 11) is 3.87. The summed E-state index contributed by atoms with van der Waals surface area (Å²) >= 11 is 0. The zero-order chi connectivity index (χ0) is 27.0. The number of hydrogen-bond donors (Lipinski definition) is 3. The molecule has 0 aromatic heterocycles. The number of quaternary nitrogens is 1. The molecule has 2 bridgehead atoms. The minimum atomic E-state index is -1.05. The molecule has 3 aliphatic carbocycles. The number of rotatable bonds is 7. The molecular weight excluding hydrogens is 488 g/mol. The molecule has 2 saturated carbocycles. The highest BCUT2D eigenvalue weighted by Gasteiger charge is 2.76. The summed E-state index contributed by atoms with van der Waals surface area (Å²) in [6, 6.07) is 3.11. The van der Waals surface area contributed by atoms with E-state index in [-0.39, 0.29) is 43.0 Å². The average Bonchev–Trinajstić information content (AvgIpc) is 3.60. The number of carbonyl (C=O) groups is 3. The fraction of sp³-hybridized carbons (Fsp3) is 0.679. The van der Waals surface area contributed by atoms with E-state index < -0.39 is 29.3 Å². The van der Waals surface area contributed by atoms with Crippen LogP contribution in [0.1, 0.15) is 50.2 Å². The second kappa shape index (κ2) is 8.66. The lowest BCUT2D eigenvalue weighted by Gasteiger charge is -2.64. The van der Waals surface area contributed by atoms with E-state index in [1.807, 2.05) is 6.07 Å². The van der Waals surface area contributed by atoms with E-state index in [1.165, 1.54) is 17.7 Å². The topological polar surface area (TPSA) is 131 Å². The van der Waals surface area contributed by atoms with E-state index >= 15 is 0 Å². The van der Waals surface area contributed by atoms with Gasteiger partial charge in [0.05, 0.1) is 31.6 Å². The van der Waals surface area contributed by atoms with E-state index in [0.717, 1.165) is 34.6 Å². The molecule has 1 spiro atoms. The summed E-state index contributed by atoms with van der Waals surface area (Å²) in [6.07, 6.45) is 3.26. The Kier molecular flexibility index (Phi) is 5.83. The van der Waals surface area contributed by atoms with Crippen molar-refractivity contribution in [3.63, 3.8) is 0 Å². The molecule has 6 rings (SSSR count). The third-order valence-electron chi connectivity index (χ3n) is 9.93. The van der Waals surface area contributed by atoms with Gasteiger partial charge in [0.15, 0.2) is 23.4 Å². The molecule has 10 heteroatoms. The van der Waals surface area contributed by atoms with Crippen LogP contribution in [0, 0.1) is 5.92 Å². The third kappa shape index (κ3) is 3.60. The lowest BCUT2D eigenvalue weighted by molar-refractivity contribution is -0.950. The Balaban J connectivity index is 1.30. The Morgan fingerprint density at radius 3 is 2.82 bits per heavy atom. The van der Waals surface area contributed by atoms with Crippen LogP contribution in [0.5, 0.6) is 11.5 Å². The Morgan fingerprint density at radius 2 is 2.11 bits per heavy atom. The van der Waals surface area contributed by atoms with Gasteiger partial charge in [0.1, 0.15) is 11.6 Å². The van der Waals surface area contributed by atoms with Gasteiger partial charge in [-0.1, -0.05) is 6.07 Å². The predicted octanol–water partition coefficient (Wildman–Crippen LogP) is 0.858. The predicted molar refractivity (Wildman–Crippen MR) is 138 cm³/mol. The van der Waals surface area contributed by atoms with Crippen molar-refractivity contribution >= 4 is 17.8 Å². The number of piperidine rings is 1. The van der Waals surface area contributed by atoms with Crippen LogP contribution in [-0.4, -0.2) is 96.3 Å². The Bertz CT molecular complexity index is 1200. The third-order valence-corrected chi connectivity index (χ3v) is 9.93. The summed E-state index contributed by atoms with van der Waals surface area (Å²) in [5.74, 6) is 1.12. The van der Waals surface area contributed by atoms with Crippen molar-refractivity contribution in [2.24, 2.45) is 11.7 Å². The summed E-state index contributed by atoms with van der Waals surface area (Å²) in [5.41, 5.74) is 5.65. The molecule has 1 saturated heterocycles. The van der Waals surface area contributed by atoms with Crippen molar-refractivity contribution in [1.82, 2.24) is 10.2 Å². The van der Waals surface area contributed by atoms with Gasteiger partial charge < -0.3 is 35.0 Å². The Labute approximate surface area is 223 Å². The van der Waals surface area contributed by atoms with Crippen LogP contribution in [0.2, 0.25) is 0 Å². The standard InChI is InChI=1S/C28H38N4O6/c1-16(29)25(34)30-11-12-31(2)26(35)37-20-7-6-18-14-21-28(36)9-8-19(33)24-27(28,22(18)23(20)38-24)10-13-32(21,3)15-17-4-5-17/h6-7,16-17,21,24,36H,4-5,8-15,29H2,1-3H3/p+1/t16-,21?,24-,27-,28+,32-/m0/s1. The van der Waals surface area contributed by atoms with Crippen LogP contribution >= 0.6 is 0 Å². The molecule has 2 heterocycles. The van der Waals surface area contributed by atoms with Gasteiger partial charge in [0.25, 0.3) is 0 Å². The zero-order valence-electron chi connectivity index (χ0n) is 22.5. The molecule has 3 fully saturated rings. The molecule has 206 valence electrons. The quantitative estimate of drug-likeness (QED) is 0.448. The number of aliphatic hydroxyl groups is 1. The van der Waals surface area contributed by atoms with E-state index in [0.29, 0.717) is 25.0 Å². The first kappa shape index (κ1) is 25.6. The second-order valence-corrected chi connectivity index (χ2v) is 12.5. The average molecular weight is 528 g/mol. The minimum absolute atomic E-state index is 0.000447. The molecule has 2 amide bonds. The molecule has 6 atom stereocenters. The summed E-state index contributed by atoms with van der Waals surface area (Å²) in [5, 5.41) is 15.2. The van der Waals surface area contributed by atoms with Crippen molar-refractivity contribution < 1.29 is 33.4 Å². The monoisotopic (exact) mass is 527 g/mol. The van der Waals surface area contributed by atoms with Gasteiger partial charge in [0, 0.05) is 50.9 Å². The molecule has 4 N–H and O–H groups in total. The van der Waals surface area contributed by atoms with Crippen LogP contribution in [0.25, 0.3) is 0 Å². The smallest absolute Gasteiger partial charge is 0.415 e. The van der Waals surface area contributed by atoms with Gasteiger partial charge in [-0.3, -0.25) is 9.59 Å². The molecule has 2 aliphatic heterocycles. The van der Waals surface area contributed by atoms with E-state index in [4.69, 9.17) is 15.2 Å². The number of amides is 2. The molecule has 1 unspecified atom stereocenters. The Morgan fingerprint density at radius 1 is 1.34 bits per heavy atom. The molecule has 5 aliphatic rings. The van der Waals surface area contributed by atoms with Crippen molar-refractivity contribution in [1.29, 1.82) is 0 Å². The van der Waals surface area contributed by atoms with Gasteiger partial charge in [-0.25, -0.2) is 4.79 Å². The van der Waals surface area contributed by atoms with Crippen molar-refractivity contribution in [3.8, 4) is 11.5 Å². The minimum Gasteiger partial charge on any atom is -0.477 e. The second-order valence-electron chi connectivity index (χ2n) is 12.5. The summed E-state index contributed by atoms with van der Waals surface area (Å²) in [6.45, 7) is 4.02. The zero-order valence-corrected chi connectivity index (χ0v) is 22.5. The number of likely N-dealkylation sites (N-methyl/N-ethyl adjacent to an activating group) is 2. The van der Waals surface area contributed by atoms with Crippen molar-refractivity contribution in [3.05, 3.63) is 23.3 Å². The number of benzene rings is 1. The maximum Gasteiger partial charge on any atom is 0.415 e. The highest BCUT2D eigenvalue weighted by molar-refractivity contribution is 5.90. The number of carbonyl (C=O) groups excluding carboxylic acids is 3. The van der Waals surface area contributed by atoms with Gasteiger partial charge in [-0.05, 0) is 37.8 Å². The number of likely N-dealkylation sites (tertiary alicyclic amines) is 1. The molecule has 1 aromatic carbocycles. The number of hydrogen-bond acceptors (Lipinski definition) is 7. The maximum absolute atomic E-state index is 13.3. The normalized spacial score (nSPS) is 35.1. The summed E-state index contributed by atoms with van der Waals surface area (Å²) < 4.78 is 13.0. The molecule has 0 radical (unpaired) electrons. The van der Waals surface area contributed by atoms with Crippen LogP contribution in [0.15, 0.2) is 12.1 Å². The highest BCUT2D eigenvalue weighted by Crippen LogP contribution is 2.66. The van der Waals surface area contributed by atoms with E-state index in [1.54, 1.807) is 20.0 Å². The first-order chi connectivity index (χ1) is 18.0. The maximum atomic E-state index is 13.3. The largest absolute Gasteiger partial charge is 0.477 e.